The maximum absolute atomic E-state index is 13.2. The number of nitrogens with two attached hydrogens (primary N) is 1. The number of ketones is 1. The van der Waals surface area contributed by atoms with Gasteiger partial charge < -0.3 is 10.6 Å². The number of Topliss-reactive ketones (excluding diaryl/α,β-unsaturated/α-hetero) is 1. The van der Waals surface area contributed by atoms with Crippen molar-refractivity contribution in [1.29, 1.82) is 0 Å². The molecule has 1 aliphatic heterocycles. The minimum atomic E-state index is -0.431. The molecule has 0 saturated carbocycles. The summed E-state index contributed by atoms with van der Waals surface area (Å²) in [7, 11) is 0. The van der Waals surface area contributed by atoms with E-state index in [1.165, 1.54) is 0 Å². The summed E-state index contributed by atoms with van der Waals surface area (Å²) in [5.74, 6) is 0.0360. The molecule has 1 heterocycles. The Labute approximate surface area is 159 Å². The van der Waals surface area contributed by atoms with Gasteiger partial charge in [-0.05, 0) is 6.07 Å². The second-order valence-corrected chi connectivity index (χ2v) is 6.47. The van der Waals surface area contributed by atoms with Crippen molar-refractivity contribution in [3.05, 3.63) is 102 Å². The lowest BCUT2D eigenvalue weighted by Gasteiger charge is -2.30. The third-order valence-electron chi connectivity index (χ3n) is 4.87. The molecule has 27 heavy (non-hydrogen) atoms. The zero-order valence-electron chi connectivity index (χ0n) is 15.0. The zero-order chi connectivity index (χ0) is 18.6. The largest absolute Gasteiger partial charge is 0.346 e. The predicted octanol–water partition coefficient (Wildman–Crippen LogP) is 3.51. The zero-order valence-corrected chi connectivity index (χ0v) is 15.0. The highest BCUT2D eigenvalue weighted by atomic mass is 16.1. The second kappa shape index (κ2) is 7.56. The number of rotatable bonds is 4. The Hall–Kier alpha value is -3.24. The summed E-state index contributed by atoms with van der Waals surface area (Å²) in [6.45, 7) is 0.613. The standard InChI is InChI=1S/C23H21N3O/c24-16-26-20-14-8-7-13-19(20)22(17-9-3-1-4-10-17)25-15-21(26)23(27)18-11-5-2-6-12-18/h1-14,21H,15-16,24H2. The van der Waals surface area contributed by atoms with Crippen molar-refractivity contribution in [3.8, 4) is 0 Å². The summed E-state index contributed by atoms with van der Waals surface area (Å²) in [5.41, 5.74) is 10.6. The van der Waals surface area contributed by atoms with Crippen LogP contribution in [0.1, 0.15) is 21.5 Å². The van der Waals surface area contributed by atoms with Crippen molar-refractivity contribution in [2.75, 3.05) is 18.1 Å². The molecule has 0 spiro atoms. The number of anilines is 1. The average molecular weight is 355 g/mol. The number of para-hydroxylation sites is 1. The van der Waals surface area contributed by atoms with E-state index < -0.39 is 6.04 Å². The van der Waals surface area contributed by atoms with E-state index in [0.717, 1.165) is 22.5 Å². The first-order chi connectivity index (χ1) is 13.3. The van der Waals surface area contributed by atoms with Gasteiger partial charge in [0.1, 0.15) is 6.04 Å². The number of carbonyl (C=O) groups is 1. The summed E-state index contributed by atoms with van der Waals surface area (Å²) in [4.78, 5) is 20.0. The van der Waals surface area contributed by atoms with E-state index in [9.17, 15) is 4.79 Å². The van der Waals surface area contributed by atoms with E-state index in [1.807, 2.05) is 89.8 Å². The van der Waals surface area contributed by atoms with E-state index >= 15 is 0 Å². The van der Waals surface area contributed by atoms with Gasteiger partial charge in [0.15, 0.2) is 5.78 Å². The predicted molar refractivity (Wildman–Crippen MR) is 109 cm³/mol. The third-order valence-corrected chi connectivity index (χ3v) is 4.87. The van der Waals surface area contributed by atoms with Gasteiger partial charge in [0, 0.05) is 22.4 Å². The lowest BCUT2D eigenvalue weighted by Crippen LogP contribution is -2.46. The molecule has 1 atom stereocenters. The van der Waals surface area contributed by atoms with Gasteiger partial charge in [-0.2, -0.15) is 0 Å². The van der Waals surface area contributed by atoms with Crippen molar-refractivity contribution < 1.29 is 4.79 Å². The van der Waals surface area contributed by atoms with Crippen molar-refractivity contribution in [2.24, 2.45) is 10.7 Å². The molecule has 0 amide bonds. The lowest BCUT2D eigenvalue weighted by atomic mass is 9.99. The molecule has 0 bridgehead atoms. The van der Waals surface area contributed by atoms with E-state index in [0.29, 0.717) is 12.1 Å². The first-order valence-electron chi connectivity index (χ1n) is 9.05. The van der Waals surface area contributed by atoms with Gasteiger partial charge in [0.25, 0.3) is 0 Å². The van der Waals surface area contributed by atoms with Gasteiger partial charge in [-0.1, -0.05) is 78.9 Å². The van der Waals surface area contributed by atoms with E-state index in [-0.39, 0.29) is 12.5 Å². The van der Waals surface area contributed by atoms with Gasteiger partial charge in [-0.25, -0.2) is 0 Å². The topological polar surface area (TPSA) is 58.7 Å². The highest BCUT2D eigenvalue weighted by molar-refractivity contribution is 6.17. The van der Waals surface area contributed by atoms with Crippen LogP contribution in [0.15, 0.2) is 89.9 Å². The molecule has 4 rings (SSSR count). The lowest BCUT2D eigenvalue weighted by molar-refractivity contribution is 0.0960. The number of carbonyl (C=O) groups excluding carboxylic acids is 1. The first-order valence-corrected chi connectivity index (χ1v) is 9.05. The van der Waals surface area contributed by atoms with Crippen molar-refractivity contribution >= 4 is 17.2 Å². The van der Waals surface area contributed by atoms with Crippen LogP contribution in [0.2, 0.25) is 0 Å². The Bertz CT molecular complexity index is 967. The molecule has 0 aliphatic carbocycles. The molecule has 3 aromatic rings. The van der Waals surface area contributed by atoms with Gasteiger partial charge in [0.2, 0.25) is 0 Å². The molecule has 2 N–H and O–H groups in total. The Morgan fingerprint density at radius 2 is 1.56 bits per heavy atom. The SMILES string of the molecule is NCN1c2ccccc2C(c2ccccc2)=NCC1C(=O)c1ccccc1. The van der Waals surface area contributed by atoms with Crippen molar-refractivity contribution in [1.82, 2.24) is 0 Å². The minimum Gasteiger partial charge on any atom is -0.346 e. The maximum Gasteiger partial charge on any atom is 0.187 e. The summed E-state index contributed by atoms with van der Waals surface area (Å²) in [6.07, 6.45) is 0. The average Bonchev–Trinajstić information content (AvgIpc) is 2.91. The summed E-state index contributed by atoms with van der Waals surface area (Å²) >= 11 is 0. The molecule has 4 nitrogen and oxygen atoms in total. The van der Waals surface area contributed by atoms with Gasteiger partial charge >= 0.3 is 0 Å². The van der Waals surface area contributed by atoms with E-state index in [1.54, 1.807) is 0 Å². The Kier molecular flexibility index (Phi) is 4.81. The maximum atomic E-state index is 13.2. The fourth-order valence-corrected chi connectivity index (χ4v) is 3.54. The highest BCUT2D eigenvalue weighted by Crippen LogP contribution is 2.29. The molecule has 1 aliphatic rings. The van der Waals surface area contributed by atoms with Gasteiger partial charge in [0.05, 0.1) is 18.9 Å². The highest BCUT2D eigenvalue weighted by Gasteiger charge is 2.31. The first kappa shape index (κ1) is 17.2. The van der Waals surface area contributed by atoms with Crippen molar-refractivity contribution in [2.45, 2.75) is 6.04 Å². The molecule has 1 unspecified atom stereocenters. The van der Waals surface area contributed by atoms with Crippen LogP contribution in [-0.2, 0) is 0 Å². The molecule has 0 fully saturated rings. The monoisotopic (exact) mass is 355 g/mol. The fourth-order valence-electron chi connectivity index (χ4n) is 3.54. The number of nitrogens with zero attached hydrogens (tertiary/aromatic N) is 2. The molecule has 134 valence electrons. The third kappa shape index (κ3) is 3.27. The number of fused-ring (bicyclic) bond motifs is 1. The Morgan fingerprint density at radius 3 is 2.26 bits per heavy atom. The van der Waals surface area contributed by atoms with E-state index in [2.05, 4.69) is 0 Å². The molecule has 3 aromatic carbocycles. The summed E-state index contributed by atoms with van der Waals surface area (Å²) < 4.78 is 0. The van der Waals surface area contributed by atoms with Crippen LogP contribution in [0.5, 0.6) is 0 Å². The Morgan fingerprint density at radius 1 is 0.926 bits per heavy atom. The van der Waals surface area contributed by atoms with E-state index in [4.69, 9.17) is 10.7 Å². The smallest absolute Gasteiger partial charge is 0.187 e. The molecule has 0 saturated heterocycles. The summed E-state index contributed by atoms with van der Waals surface area (Å²) in [5, 5.41) is 0. The normalized spacial score (nSPS) is 16.3. The molecule has 0 radical (unpaired) electrons. The summed E-state index contributed by atoms with van der Waals surface area (Å²) in [6, 6.07) is 27.0. The molecular formula is C23H21N3O. The number of aliphatic imine (C=N–C) groups is 1. The van der Waals surface area contributed by atoms with Crippen LogP contribution in [0.3, 0.4) is 0 Å². The number of hydrogen-bond acceptors (Lipinski definition) is 4. The number of benzene rings is 3. The number of hydrogen-bond donors (Lipinski definition) is 1. The minimum absolute atomic E-state index is 0.0360. The van der Waals surface area contributed by atoms with Crippen LogP contribution in [-0.4, -0.2) is 30.8 Å². The van der Waals surface area contributed by atoms with Gasteiger partial charge in [-0.15, -0.1) is 0 Å². The Balaban J connectivity index is 1.83. The van der Waals surface area contributed by atoms with Crippen LogP contribution < -0.4 is 10.6 Å². The molecule has 0 aromatic heterocycles. The molecular weight excluding hydrogens is 334 g/mol. The quantitative estimate of drug-likeness (QED) is 0.729. The van der Waals surface area contributed by atoms with Crippen molar-refractivity contribution in [3.63, 3.8) is 0 Å². The second-order valence-electron chi connectivity index (χ2n) is 6.47. The molecule has 4 heteroatoms. The van der Waals surface area contributed by atoms with Crippen LogP contribution in [0, 0.1) is 0 Å². The van der Waals surface area contributed by atoms with Crippen LogP contribution >= 0.6 is 0 Å². The van der Waals surface area contributed by atoms with Crippen LogP contribution in [0.25, 0.3) is 0 Å². The van der Waals surface area contributed by atoms with Gasteiger partial charge in [-0.3, -0.25) is 9.79 Å². The number of benzodiazepines with no additional fused rings is 1. The van der Waals surface area contributed by atoms with Crippen LogP contribution in [0.4, 0.5) is 5.69 Å². The fraction of sp³-hybridized carbons (Fsp3) is 0.130.